The smallest absolute Gasteiger partial charge is 0.329 e. The molecule has 0 unspecified atom stereocenters. The summed E-state index contributed by atoms with van der Waals surface area (Å²) in [6.45, 7) is 4.09. The van der Waals surface area contributed by atoms with Crippen molar-refractivity contribution >= 4 is 34.6 Å². The second-order valence-corrected chi connectivity index (χ2v) is 7.79. The molecule has 3 atom stereocenters. The number of para-hydroxylation sites is 3. The van der Waals surface area contributed by atoms with Crippen molar-refractivity contribution in [1.82, 2.24) is 20.6 Å². The molecule has 1 fully saturated rings. The molecule has 2 heterocycles. The molecule has 3 N–H and O–H groups in total. The van der Waals surface area contributed by atoms with E-state index in [0.29, 0.717) is 11.5 Å². The molecule has 4 amide bonds. The first-order valence-electron chi connectivity index (χ1n) is 10.4. The van der Waals surface area contributed by atoms with Gasteiger partial charge in [-0.15, -0.1) is 0 Å². The summed E-state index contributed by atoms with van der Waals surface area (Å²) in [6.07, 6.45) is 0.698. The Bertz CT molecular complexity index is 1080. The van der Waals surface area contributed by atoms with Crippen LogP contribution in [0.25, 0.3) is 11.0 Å². The average molecular weight is 419 g/mol. The fourth-order valence-corrected chi connectivity index (χ4v) is 3.74. The number of anilines is 1. The van der Waals surface area contributed by atoms with E-state index in [0.717, 1.165) is 22.4 Å². The highest BCUT2D eigenvalue weighted by Gasteiger charge is 2.40. The van der Waals surface area contributed by atoms with Gasteiger partial charge in [0, 0.05) is 0 Å². The number of carbonyl (C=O) groups excluding carboxylic acids is 3. The summed E-state index contributed by atoms with van der Waals surface area (Å²) in [4.78, 5) is 46.9. The zero-order valence-corrected chi connectivity index (χ0v) is 17.5. The Hall–Kier alpha value is -3.68. The van der Waals surface area contributed by atoms with Crippen LogP contribution in [0.3, 0.4) is 0 Å². The Morgan fingerprint density at radius 3 is 2.55 bits per heavy atom. The van der Waals surface area contributed by atoms with Crippen LogP contribution >= 0.6 is 0 Å². The molecular weight excluding hydrogens is 394 g/mol. The molecule has 1 aliphatic heterocycles. The summed E-state index contributed by atoms with van der Waals surface area (Å²) in [5, 5.41) is 5.62. The van der Waals surface area contributed by atoms with Crippen molar-refractivity contribution in [2.45, 2.75) is 38.8 Å². The highest BCUT2D eigenvalue weighted by Crippen LogP contribution is 2.25. The van der Waals surface area contributed by atoms with Crippen LogP contribution in [0.15, 0.2) is 54.6 Å². The van der Waals surface area contributed by atoms with Crippen molar-refractivity contribution < 1.29 is 14.4 Å². The second kappa shape index (κ2) is 8.59. The number of hydrogen-bond acceptors (Lipinski definition) is 4. The van der Waals surface area contributed by atoms with Crippen molar-refractivity contribution in [1.29, 1.82) is 0 Å². The van der Waals surface area contributed by atoms with Crippen molar-refractivity contribution in [3.8, 4) is 0 Å². The Balaban J connectivity index is 1.48. The Morgan fingerprint density at radius 2 is 1.84 bits per heavy atom. The number of carbonyl (C=O) groups is 3. The lowest BCUT2D eigenvalue weighted by atomic mass is 9.98. The van der Waals surface area contributed by atoms with E-state index in [1.165, 1.54) is 0 Å². The fourth-order valence-electron chi connectivity index (χ4n) is 3.74. The van der Waals surface area contributed by atoms with Crippen molar-refractivity contribution in [3.63, 3.8) is 0 Å². The van der Waals surface area contributed by atoms with E-state index in [2.05, 4.69) is 20.6 Å². The lowest BCUT2D eigenvalue weighted by Crippen LogP contribution is -2.39. The lowest BCUT2D eigenvalue weighted by Gasteiger charge is -2.23. The third kappa shape index (κ3) is 4.14. The van der Waals surface area contributed by atoms with Gasteiger partial charge in [0.15, 0.2) is 0 Å². The Morgan fingerprint density at radius 1 is 1.13 bits per heavy atom. The summed E-state index contributed by atoms with van der Waals surface area (Å²) < 4.78 is 0. The summed E-state index contributed by atoms with van der Waals surface area (Å²) in [7, 11) is 0. The molecule has 160 valence electrons. The van der Waals surface area contributed by atoms with Gasteiger partial charge in [-0.25, -0.2) is 14.7 Å². The number of hydrogen-bond donors (Lipinski definition) is 3. The number of aromatic amines is 1. The van der Waals surface area contributed by atoms with E-state index >= 15 is 0 Å². The molecule has 1 saturated heterocycles. The maximum atomic E-state index is 12.8. The molecule has 3 aromatic rings. The summed E-state index contributed by atoms with van der Waals surface area (Å²) in [6, 6.07) is 14.6. The maximum absolute atomic E-state index is 12.8. The van der Waals surface area contributed by atoms with Gasteiger partial charge < -0.3 is 15.6 Å². The van der Waals surface area contributed by atoms with E-state index < -0.39 is 18.0 Å². The number of imidazole rings is 1. The van der Waals surface area contributed by atoms with Gasteiger partial charge in [0.05, 0.1) is 29.2 Å². The van der Waals surface area contributed by atoms with Crippen LogP contribution < -0.4 is 15.5 Å². The molecule has 1 aliphatic rings. The first kappa shape index (κ1) is 20.6. The van der Waals surface area contributed by atoms with E-state index in [1.807, 2.05) is 38.1 Å². The Kier molecular flexibility index (Phi) is 5.70. The summed E-state index contributed by atoms with van der Waals surface area (Å²) in [5.74, 6) is 0.0466. The number of nitrogens with zero attached hydrogens (tertiary/aromatic N) is 2. The van der Waals surface area contributed by atoms with E-state index in [9.17, 15) is 14.4 Å². The number of aromatic nitrogens is 2. The number of urea groups is 1. The molecule has 1 aromatic heterocycles. The normalized spacial score (nSPS) is 18.1. The molecule has 0 bridgehead atoms. The molecule has 0 radical (unpaired) electrons. The van der Waals surface area contributed by atoms with E-state index in [1.54, 1.807) is 30.3 Å². The number of benzene rings is 2. The van der Waals surface area contributed by atoms with Crippen molar-refractivity contribution in [3.05, 3.63) is 60.4 Å². The van der Waals surface area contributed by atoms with E-state index in [4.69, 9.17) is 0 Å². The van der Waals surface area contributed by atoms with Crippen molar-refractivity contribution in [2.24, 2.45) is 5.92 Å². The van der Waals surface area contributed by atoms with Crippen LogP contribution in [0.2, 0.25) is 0 Å². The number of fused-ring (bicyclic) bond motifs is 1. The minimum absolute atomic E-state index is 0.124. The maximum Gasteiger partial charge on any atom is 0.329 e. The van der Waals surface area contributed by atoms with Crippen LogP contribution in [0.5, 0.6) is 0 Å². The molecule has 0 spiro atoms. The van der Waals surface area contributed by atoms with Gasteiger partial charge in [0.25, 0.3) is 5.91 Å². The van der Waals surface area contributed by atoms with Crippen LogP contribution in [0, 0.1) is 5.92 Å². The molecule has 8 nitrogen and oxygen atoms in total. The van der Waals surface area contributed by atoms with Gasteiger partial charge in [-0.05, 0) is 30.2 Å². The zero-order valence-electron chi connectivity index (χ0n) is 17.5. The van der Waals surface area contributed by atoms with Crippen LogP contribution in [-0.2, 0) is 9.59 Å². The highest BCUT2D eigenvalue weighted by atomic mass is 16.2. The molecule has 2 aromatic carbocycles. The number of amides is 4. The number of H-pyrrole nitrogens is 1. The quantitative estimate of drug-likeness (QED) is 0.511. The van der Waals surface area contributed by atoms with Crippen LogP contribution in [-0.4, -0.2) is 33.9 Å². The lowest BCUT2D eigenvalue weighted by molar-refractivity contribution is -0.126. The van der Waals surface area contributed by atoms with E-state index in [-0.39, 0.29) is 24.3 Å². The molecular formula is C23H25N5O3. The average Bonchev–Trinajstić information content (AvgIpc) is 3.32. The fraction of sp³-hybridized carbons (Fsp3) is 0.304. The number of nitrogens with one attached hydrogen (secondary N) is 3. The molecule has 31 heavy (non-hydrogen) atoms. The third-order valence-corrected chi connectivity index (χ3v) is 5.65. The zero-order chi connectivity index (χ0) is 22.0. The van der Waals surface area contributed by atoms with Gasteiger partial charge in [-0.1, -0.05) is 50.6 Å². The van der Waals surface area contributed by atoms with Gasteiger partial charge in [0.2, 0.25) is 5.91 Å². The monoisotopic (exact) mass is 419 g/mol. The summed E-state index contributed by atoms with van der Waals surface area (Å²) >= 11 is 0. The van der Waals surface area contributed by atoms with Gasteiger partial charge in [-0.3, -0.25) is 9.59 Å². The molecule has 4 rings (SSSR count). The predicted molar refractivity (Wildman–Crippen MR) is 117 cm³/mol. The minimum Gasteiger partial charge on any atom is -0.346 e. The van der Waals surface area contributed by atoms with Crippen molar-refractivity contribution in [2.75, 3.05) is 4.90 Å². The molecule has 8 heteroatoms. The standard InChI is InChI=1S/C23H25N5O3/c1-3-14(2)20(21-24-16-11-7-8-12-17(16)25-21)27-19(29)13-18-22(30)28(23(31)26-18)15-9-5-4-6-10-15/h4-12,14,18,20H,3,13H2,1-2H3,(H,24,25)(H,26,31)(H,27,29)/t14-,18+,20-/m0/s1. The summed E-state index contributed by atoms with van der Waals surface area (Å²) in [5.41, 5.74) is 2.21. The van der Waals surface area contributed by atoms with Crippen LogP contribution in [0.1, 0.15) is 38.6 Å². The molecule has 0 aliphatic carbocycles. The van der Waals surface area contributed by atoms with Gasteiger partial charge in [-0.2, -0.15) is 0 Å². The first-order valence-corrected chi connectivity index (χ1v) is 10.4. The largest absolute Gasteiger partial charge is 0.346 e. The number of rotatable bonds is 7. The predicted octanol–water partition coefficient (Wildman–Crippen LogP) is 3.28. The molecule has 0 saturated carbocycles. The van der Waals surface area contributed by atoms with Crippen LogP contribution in [0.4, 0.5) is 10.5 Å². The van der Waals surface area contributed by atoms with Gasteiger partial charge in [0.1, 0.15) is 11.9 Å². The Labute approximate surface area is 180 Å². The van der Waals surface area contributed by atoms with Gasteiger partial charge >= 0.3 is 6.03 Å². The third-order valence-electron chi connectivity index (χ3n) is 5.65. The first-order chi connectivity index (χ1) is 15.0. The topological polar surface area (TPSA) is 107 Å². The number of imide groups is 1. The minimum atomic E-state index is -0.902. The second-order valence-electron chi connectivity index (χ2n) is 7.79. The highest BCUT2D eigenvalue weighted by molar-refractivity contribution is 6.22. The SMILES string of the molecule is CC[C@H](C)[C@H](NC(=O)C[C@H]1NC(=O)N(c2ccccc2)C1=O)c1nc2ccccc2[nH]1.